The van der Waals surface area contributed by atoms with Crippen LogP contribution in [0.15, 0.2) is 9.98 Å². The van der Waals surface area contributed by atoms with Crippen LogP contribution in [0, 0.1) is 0 Å². The minimum atomic E-state index is -0.243. The summed E-state index contributed by atoms with van der Waals surface area (Å²) in [7, 11) is 0. The molecule has 0 amide bonds. The largest absolute Gasteiger partial charge is 0.236 e. The fourth-order valence-corrected chi connectivity index (χ4v) is 1.10. The van der Waals surface area contributed by atoms with Gasteiger partial charge in [0, 0.05) is 0 Å². The van der Waals surface area contributed by atoms with E-state index in [1.165, 1.54) is 12.2 Å². The average molecular weight is 200 g/mol. The van der Waals surface area contributed by atoms with E-state index in [9.17, 15) is 9.59 Å². The average Bonchev–Trinajstić information content (AvgIpc) is 2.11. The van der Waals surface area contributed by atoms with E-state index in [1.54, 1.807) is 0 Å². The molecule has 0 aliphatic heterocycles. The Balaban J connectivity index is 3.24. The van der Waals surface area contributed by atoms with Crippen LogP contribution in [-0.2, 0) is 9.59 Å². The van der Waals surface area contributed by atoms with Gasteiger partial charge in [-0.3, -0.25) is 0 Å². The smallest absolute Gasteiger partial charge is 0.211 e. The number of hydrogen-bond donors (Lipinski definition) is 1. The van der Waals surface area contributed by atoms with Crippen molar-refractivity contribution in [1.82, 2.24) is 0 Å². The highest BCUT2D eigenvalue weighted by molar-refractivity contribution is 7.80. The Morgan fingerprint density at radius 3 is 2.54 bits per heavy atom. The molecule has 0 aromatic heterocycles. The lowest BCUT2D eigenvalue weighted by molar-refractivity contribution is 0.557. The van der Waals surface area contributed by atoms with E-state index in [0.717, 1.165) is 25.7 Å². The Kier molecular flexibility index (Phi) is 8.57. The van der Waals surface area contributed by atoms with E-state index in [2.05, 4.69) is 22.6 Å². The standard InChI is InChI=1S/C8H12N2O2S/c11-6-9-5-3-1-2-4-8(13)10-7-12/h8,13H,1-5H2. The molecule has 0 aliphatic carbocycles. The van der Waals surface area contributed by atoms with Gasteiger partial charge in [0.05, 0.1) is 6.54 Å². The van der Waals surface area contributed by atoms with Gasteiger partial charge in [-0.25, -0.2) is 14.6 Å². The number of isocyanates is 2. The Bertz CT molecular complexity index is 220. The lowest BCUT2D eigenvalue weighted by atomic mass is 10.2. The minimum absolute atomic E-state index is 0.243. The lowest BCUT2D eigenvalue weighted by Gasteiger charge is -2.01. The first-order valence-corrected chi connectivity index (χ1v) is 4.61. The Hall–Kier alpha value is -0.890. The Labute approximate surface area is 82.6 Å². The van der Waals surface area contributed by atoms with Crippen LogP contribution in [0.4, 0.5) is 0 Å². The zero-order valence-corrected chi connectivity index (χ0v) is 8.17. The van der Waals surface area contributed by atoms with E-state index < -0.39 is 0 Å². The Morgan fingerprint density at radius 2 is 1.92 bits per heavy atom. The summed E-state index contributed by atoms with van der Waals surface area (Å²) in [6, 6.07) is 0. The van der Waals surface area contributed by atoms with Crippen molar-refractivity contribution >= 4 is 24.8 Å². The molecule has 0 radical (unpaired) electrons. The predicted octanol–water partition coefficient (Wildman–Crippen LogP) is 1.47. The molecular weight excluding hydrogens is 188 g/mol. The molecular formula is C8H12N2O2S. The number of rotatable bonds is 7. The number of thiol groups is 1. The predicted molar refractivity (Wildman–Crippen MR) is 52.4 cm³/mol. The maximum absolute atomic E-state index is 9.79. The van der Waals surface area contributed by atoms with Gasteiger partial charge in [0.15, 0.2) is 0 Å². The van der Waals surface area contributed by atoms with Crippen LogP contribution in [0.3, 0.4) is 0 Å². The van der Waals surface area contributed by atoms with E-state index in [4.69, 9.17) is 0 Å². The van der Waals surface area contributed by atoms with Crippen LogP contribution in [0.2, 0.25) is 0 Å². The number of carbonyl (C=O) groups excluding carboxylic acids is 2. The van der Waals surface area contributed by atoms with Crippen LogP contribution in [0.25, 0.3) is 0 Å². The summed E-state index contributed by atoms with van der Waals surface area (Å²) in [6.07, 6.45) is 6.43. The fourth-order valence-electron chi connectivity index (χ4n) is 0.866. The second-order valence-electron chi connectivity index (χ2n) is 2.52. The maximum Gasteiger partial charge on any atom is 0.236 e. The number of unbranched alkanes of at least 4 members (excludes halogenated alkanes) is 2. The molecule has 4 nitrogen and oxygen atoms in total. The molecule has 0 heterocycles. The van der Waals surface area contributed by atoms with Crippen molar-refractivity contribution in [2.75, 3.05) is 6.54 Å². The summed E-state index contributed by atoms with van der Waals surface area (Å²) in [5, 5.41) is -0.243. The van der Waals surface area contributed by atoms with Crippen LogP contribution in [-0.4, -0.2) is 24.1 Å². The van der Waals surface area contributed by atoms with Gasteiger partial charge in [-0.2, -0.15) is 17.6 Å². The highest BCUT2D eigenvalue weighted by Gasteiger charge is 1.98. The van der Waals surface area contributed by atoms with Gasteiger partial charge >= 0.3 is 0 Å². The summed E-state index contributed by atoms with van der Waals surface area (Å²) in [4.78, 5) is 26.3. The number of nitrogens with zero attached hydrogens (tertiary/aromatic N) is 2. The van der Waals surface area contributed by atoms with Crippen LogP contribution < -0.4 is 0 Å². The lowest BCUT2D eigenvalue weighted by Crippen LogP contribution is -1.93. The van der Waals surface area contributed by atoms with E-state index >= 15 is 0 Å². The molecule has 0 rings (SSSR count). The quantitative estimate of drug-likeness (QED) is 0.293. The summed E-state index contributed by atoms with van der Waals surface area (Å²) in [5.74, 6) is 0. The normalized spacial score (nSPS) is 11.2. The second-order valence-corrected chi connectivity index (χ2v) is 3.12. The molecule has 13 heavy (non-hydrogen) atoms. The second kappa shape index (κ2) is 9.20. The maximum atomic E-state index is 9.79. The molecule has 0 aromatic rings. The van der Waals surface area contributed by atoms with E-state index in [-0.39, 0.29) is 5.37 Å². The molecule has 72 valence electrons. The molecule has 0 saturated carbocycles. The third-order valence-corrected chi connectivity index (χ3v) is 1.87. The van der Waals surface area contributed by atoms with Gasteiger partial charge in [-0.15, -0.1) is 0 Å². The molecule has 0 aliphatic rings. The number of aliphatic imine (C=N–C) groups is 2. The monoisotopic (exact) mass is 200 g/mol. The Morgan fingerprint density at radius 1 is 1.15 bits per heavy atom. The molecule has 0 bridgehead atoms. The van der Waals surface area contributed by atoms with Crippen molar-refractivity contribution in [1.29, 1.82) is 0 Å². The van der Waals surface area contributed by atoms with Gasteiger partial charge < -0.3 is 0 Å². The first kappa shape index (κ1) is 12.1. The fraction of sp³-hybridized carbons (Fsp3) is 0.750. The highest BCUT2D eigenvalue weighted by atomic mass is 32.1. The SMILES string of the molecule is O=C=NCCCCCC(S)N=C=O. The summed E-state index contributed by atoms with van der Waals surface area (Å²) in [5.41, 5.74) is 0. The minimum Gasteiger partial charge on any atom is -0.211 e. The zero-order chi connectivity index (χ0) is 9.94. The topological polar surface area (TPSA) is 58.9 Å². The van der Waals surface area contributed by atoms with Crippen molar-refractivity contribution in [3.8, 4) is 0 Å². The van der Waals surface area contributed by atoms with Crippen molar-refractivity contribution < 1.29 is 9.59 Å². The molecule has 1 atom stereocenters. The molecule has 0 aromatic carbocycles. The summed E-state index contributed by atoms with van der Waals surface area (Å²) in [6.45, 7) is 0.525. The van der Waals surface area contributed by atoms with Crippen molar-refractivity contribution in [3.05, 3.63) is 0 Å². The molecule has 0 spiro atoms. The first-order valence-electron chi connectivity index (χ1n) is 4.10. The van der Waals surface area contributed by atoms with E-state index in [1.807, 2.05) is 0 Å². The van der Waals surface area contributed by atoms with Crippen molar-refractivity contribution in [2.24, 2.45) is 9.98 Å². The zero-order valence-electron chi connectivity index (χ0n) is 7.27. The molecule has 0 fully saturated rings. The third-order valence-electron chi connectivity index (χ3n) is 1.50. The number of hydrogen-bond acceptors (Lipinski definition) is 5. The summed E-state index contributed by atoms with van der Waals surface area (Å²) < 4.78 is 0. The van der Waals surface area contributed by atoms with Crippen LogP contribution in [0.1, 0.15) is 25.7 Å². The van der Waals surface area contributed by atoms with Crippen LogP contribution >= 0.6 is 12.6 Å². The van der Waals surface area contributed by atoms with Gasteiger partial charge in [-0.1, -0.05) is 12.8 Å². The van der Waals surface area contributed by atoms with Gasteiger partial charge in [0.25, 0.3) is 0 Å². The molecule has 0 saturated heterocycles. The van der Waals surface area contributed by atoms with Gasteiger partial charge in [-0.05, 0) is 12.8 Å². The molecule has 1 unspecified atom stereocenters. The summed E-state index contributed by atoms with van der Waals surface area (Å²) >= 11 is 4.04. The van der Waals surface area contributed by atoms with Gasteiger partial charge in [0.2, 0.25) is 12.2 Å². The van der Waals surface area contributed by atoms with Crippen molar-refractivity contribution in [3.63, 3.8) is 0 Å². The third kappa shape index (κ3) is 9.02. The van der Waals surface area contributed by atoms with Crippen LogP contribution in [0.5, 0.6) is 0 Å². The molecule has 5 heteroatoms. The van der Waals surface area contributed by atoms with E-state index in [0.29, 0.717) is 6.54 Å². The van der Waals surface area contributed by atoms with Gasteiger partial charge in [0.1, 0.15) is 5.37 Å². The molecule has 0 N–H and O–H groups in total. The van der Waals surface area contributed by atoms with Crippen molar-refractivity contribution in [2.45, 2.75) is 31.1 Å². The first-order chi connectivity index (χ1) is 6.31. The highest BCUT2D eigenvalue weighted by Crippen LogP contribution is 2.08.